The normalized spacial score (nSPS) is 20.1. The number of ether oxygens (including phenoxy) is 2. The van der Waals surface area contributed by atoms with Crippen LogP contribution in [0.5, 0.6) is 5.75 Å². The summed E-state index contributed by atoms with van der Waals surface area (Å²) in [5.74, 6) is -0.235. The van der Waals surface area contributed by atoms with Gasteiger partial charge in [-0.25, -0.2) is 14.8 Å². The third-order valence-corrected chi connectivity index (χ3v) is 17.4. The van der Waals surface area contributed by atoms with Crippen LogP contribution in [0.1, 0.15) is 128 Å². The molecule has 0 radical (unpaired) electrons. The number of hydrogen-bond acceptors (Lipinski definition) is 13. The molecule has 81 heavy (non-hydrogen) atoms. The number of thiazole rings is 1. The van der Waals surface area contributed by atoms with Gasteiger partial charge in [-0.2, -0.15) is 18.3 Å². The van der Waals surface area contributed by atoms with Gasteiger partial charge < -0.3 is 19.3 Å². The highest BCUT2D eigenvalue weighted by Crippen LogP contribution is 2.39. The fourth-order valence-electron chi connectivity index (χ4n) is 12.2. The Hall–Kier alpha value is -7.38. The van der Waals surface area contributed by atoms with Crippen molar-refractivity contribution in [3.05, 3.63) is 125 Å². The number of unbranched alkanes of at least 4 members (excludes halogenated alkanes) is 1. The number of carbonyl (C=O) groups is 4. The highest BCUT2D eigenvalue weighted by Gasteiger charge is 2.46. The van der Waals surface area contributed by atoms with Crippen LogP contribution in [0.15, 0.2) is 91.0 Å². The Balaban J connectivity index is 0.696. The van der Waals surface area contributed by atoms with Crippen molar-refractivity contribution < 1.29 is 41.8 Å². The highest BCUT2D eigenvalue weighted by molar-refractivity contribution is 7.22. The van der Waals surface area contributed by atoms with Crippen LogP contribution in [-0.2, 0) is 34.3 Å². The topological polar surface area (TPSA) is 164 Å². The van der Waals surface area contributed by atoms with Gasteiger partial charge in [0.05, 0.1) is 33.4 Å². The summed E-state index contributed by atoms with van der Waals surface area (Å²) in [6, 6.07) is 27.2. The number of halogens is 3. The molecule has 1 saturated carbocycles. The summed E-state index contributed by atoms with van der Waals surface area (Å²) in [6.45, 7) is 9.47. The van der Waals surface area contributed by atoms with Crippen molar-refractivity contribution in [3.63, 3.8) is 0 Å². The maximum Gasteiger partial charge on any atom is 0.405 e. The van der Waals surface area contributed by atoms with Gasteiger partial charge in [-0.1, -0.05) is 60.6 Å². The number of esters is 1. The number of aryl methyl sites for hydroxylation is 1. The summed E-state index contributed by atoms with van der Waals surface area (Å²) >= 11 is 1.43. The Bertz CT molecular complexity index is 3500. The maximum atomic E-state index is 14.7. The molecule has 2 atom stereocenters. The number of hydrogen-bond donors (Lipinski definition) is 2. The Morgan fingerprint density at radius 1 is 0.840 bits per heavy atom. The van der Waals surface area contributed by atoms with Crippen molar-refractivity contribution >= 4 is 72.8 Å². The molecule has 6 heterocycles. The number of carbonyl (C=O) groups excluding carboxylic acids is 4. The van der Waals surface area contributed by atoms with Gasteiger partial charge in [-0.3, -0.25) is 34.6 Å². The lowest BCUT2D eigenvalue weighted by molar-refractivity contribution is -0.184. The first kappa shape index (κ1) is 55.5. The molecule has 0 spiro atoms. The molecule has 3 aromatic heterocycles. The molecule has 15 nitrogen and oxygen atoms in total. The van der Waals surface area contributed by atoms with Crippen LogP contribution >= 0.6 is 11.3 Å². The summed E-state index contributed by atoms with van der Waals surface area (Å²) in [4.78, 5) is 67.5. The van der Waals surface area contributed by atoms with E-state index in [4.69, 9.17) is 14.5 Å². The molecule has 19 heteroatoms. The number of amides is 3. The van der Waals surface area contributed by atoms with E-state index < -0.39 is 29.7 Å². The van der Waals surface area contributed by atoms with Gasteiger partial charge in [-0.15, -0.1) is 0 Å². The van der Waals surface area contributed by atoms with Crippen molar-refractivity contribution in [2.75, 3.05) is 47.8 Å². The number of aromatic nitrogens is 4. The molecular weight excluding hydrogens is 1060 g/mol. The number of pyridine rings is 1. The number of alkyl halides is 3. The van der Waals surface area contributed by atoms with Crippen molar-refractivity contribution in [1.29, 1.82) is 0 Å². The van der Waals surface area contributed by atoms with Crippen molar-refractivity contribution in [3.8, 4) is 16.9 Å². The summed E-state index contributed by atoms with van der Waals surface area (Å²) < 4.78 is 59.5. The fraction of sp³-hybridized carbons (Fsp3) is 0.435. The molecule has 0 bridgehead atoms. The monoisotopic (exact) mass is 1120 g/mol. The quantitative estimate of drug-likeness (QED) is 0.0603. The van der Waals surface area contributed by atoms with Gasteiger partial charge in [0.25, 0.3) is 5.91 Å². The molecule has 11 rings (SSSR count). The van der Waals surface area contributed by atoms with Gasteiger partial charge in [0.15, 0.2) is 10.8 Å². The van der Waals surface area contributed by atoms with E-state index >= 15 is 0 Å². The third kappa shape index (κ3) is 12.2. The first-order valence-corrected chi connectivity index (χ1v) is 29.0. The minimum atomic E-state index is -4.40. The number of imide groups is 1. The number of piperidine rings is 1. The number of para-hydroxylation sites is 1. The Morgan fingerprint density at radius 3 is 2.42 bits per heavy atom. The van der Waals surface area contributed by atoms with Crippen LogP contribution in [0.4, 0.5) is 29.8 Å². The van der Waals surface area contributed by atoms with E-state index in [0.717, 1.165) is 87.6 Å². The molecule has 3 aliphatic heterocycles. The van der Waals surface area contributed by atoms with Crippen molar-refractivity contribution in [2.24, 2.45) is 13.0 Å². The average Bonchev–Trinajstić information content (AvgIpc) is 4.02. The number of piperazine rings is 1. The average molecular weight is 1120 g/mol. The van der Waals surface area contributed by atoms with E-state index in [-0.39, 0.29) is 49.0 Å². The smallest absolute Gasteiger partial charge is 0.405 e. The molecule has 2 N–H and O–H groups in total. The van der Waals surface area contributed by atoms with Crippen LogP contribution in [0.25, 0.3) is 32.2 Å². The van der Waals surface area contributed by atoms with Crippen LogP contribution in [0, 0.1) is 12.8 Å². The van der Waals surface area contributed by atoms with Gasteiger partial charge >= 0.3 is 12.1 Å². The fourth-order valence-corrected chi connectivity index (χ4v) is 13.1. The zero-order valence-corrected chi connectivity index (χ0v) is 47.2. The number of rotatable bonds is 14. The predicted molar refractivity (Wildman–Crippen MR) is 308 cm³/mol. The van der Waals surface area contributed by atoms with E-state index in [1.165, 1.54) is 11.3 Å². The van der Waals surface area contributed by atoms with Crippen LogP contribution in [-0.4, -0.2) is 105 Å². The number of nitrogens with zero attached hydrogens (tertiary/aromatic N) is 7. The standard InChI is InChI=1S/C62H68F3N9O6S/c1-37-42(43-25-27-53(67-56(43)59(78)80-61(2,3)4)74-31-29-39-13-10-15-44(47(39)35-74)57(76)69-60-66-48-16-6-7-18-51(48)81-60)14-11-17-50(37)79-41-22-19-38(20-23-41)12-8-9-30-72-32-33-73(36-52(72)62(63,64)65)40-21-24-45-49(34-40)71(5)70-55(45)46-26-28-54(75)68-58(46)77/h6-7,10-11,13-18,21,24-25,27,34,38,41,46,52H,8-9,12,19-20,22-23,26,28-33,35-36H2,1-5H3,(H,66,69,76)(H,68,75,77)/t38?,41?,46-,52-/m0/s1. The van der Waals surface area contributed by atoms with Gasteiger partial charge in [-0.05, 0) is 162 Å². The molecule has 3 amide bonds. The Labute approximate surface area is 473 Å². The molecule has 0 unspecified atom stereocenters. The zero-order valence-electron chi connectivity index (χ0n) is 46.4. The number of anilines is 3. The molecule has 4 aliphatic rings. The molecule has 3 fully saturated rings. The zero-order chi connectivity index (χ0) is 56.7. The Kier molecular flexibility index (Phi) is 15.7. The van der Waals surface area contributed by atoms with Crippen LogP contribution in [0.2, 0.25) is 0 Å². The first-order valence-electron chi connectivity index (χ1n) is 28.2. The largest absolute Gasteiger partial charge is 0.490 e. The lowest BCUT2D eigenvalue weighted by Gasteiger charge is -2.43. The predicted octanol–water partition coefficient (Wildman–Crippen LogP) is 11.7. The molecule has 424 valence electrons. The van der Waals surface area contributed by atoms with E-state index in [1.54, 1.807) is 21.5 Å². The second kappa shape index (κ2) is 22.9. The lowest BCUT2D eigenvalue weighted by Crippen LogP contribution is -2.59. The van der Waals surface area contributed by atoms with Crippen molar-refractivity contribution in [2.45, 2.75) is 128 Å². The summed E-state index contributed by atoms with van der Waals surface area (Å²) in [5.41, 5.74) is 7.07. The van der Waals surface area contributed by atoms with Crippen molar-refractivity contribution in [1.82, 2.24) is 30.0 Å². The first-order chi connectivity index (χ1) is 38.8. The van der Waals surface area contributed by atoms with E-state index in [0.29, 0.717) is 84.8 Å². The Morgan fingerprint density at radius 2 is 1.64 bits per heavy atom. The lowest BCUT2D eigenvalue weighted by atomic mass is 9.84. The minimum absolute atomic E-state index is 0.00832. The second-order valence-electron chi connectivity index (χ2n) is 23.1. The molecule has 1 aliphatic carbocycles. The molecular formula is C62H68F3N9O6S. The number of fused-ring (bicyclic) bond motifs is 3. The second-order valence-corrected chi connectivity index (χ2v) is 24.1. The summed E-state index contributed by atoms with van der Waals surface area (Å²) in [6.07, 6.45) is 2.98. The third-order valence-electron chi connectivity index (χ3n) is 16.5. The summed E-state index contributed by atoms with van der Waals surface area (Å²) in [5, 5.41) is 11.3. The van der Waals surface area contributed by atoms with Gasteiger partial charge in [0.2, 0.25) is 11.8 Å². The van der Waals surface area contributed by atoms with E-state index in [1.807, 2.05) is 113 Å². The minimum Gasteiger partial charge on any atom is -0.490 e. The molecule has 4 aromatic carbocycles. The van der Waals surface area contributed by atoms with Crippen LogP contribution in [0.3, 0.4) is 0 Å². The molecule has 7 aromatic rings. The highest BCUT2D eigenvalue weighted by atomic mass is 32.1. The SMILES string of the molecule is Cc1c(OC2CCC(CCCCN3CCN(c4ccc5c([C@@H]6CCC(=O)NC6=O)nn(C)c5c4)C[C@H]3C(F)(F)F)CC2)cccc1-c1ccc(N2CCc3cccc(C(=O)Nc4nc5ccccc5s4)c3C2)nc1C(=O)OC(C)(C)C. The maximum absolute atomic E-state index is 14.7. The summed E-state index contributed by atoms with van der Waals surface area (Å²) in [7, 11) is 1.76. The van der Waals surface area contributed by atoms with Gasteiger partial charge in [0, 0.05) is 68.4 Å². The molecule has 2 saturated heterocycles. The van der Waals surface area contributed by atoms with Gasteiger partial charge in [0.1, 0.15) is 23.2 Å². The number of nitrogens with one attached hydrogen (secondary N) is 2. The van der Waals surface area contributed by atoms with E-state index in [9.17, 15) is 32.3 Å². The van der Waals surface area contributed by atoms with E-state index in [2.05, 4.69) is 31.7 Å². The number of benzene rings is 4. The van der Waals surface area contributed by atoms with Crippen LogP contribution < -0.4 is 25.2 Å².